The number of amides is 1. The van der Waals surface area contributed by atoms with E-state index in [1.807, 2.05) is 31.2 Å². The second-order valence-corrected chi connectivity index (χ2v) is 5.36. The third-order valence-electron chi connectivity index (χ3n) is 2.98. The maximum absolute atomic E-state index is 12.2. The quantitative estimate of drug-likeness (QED) is 0.940. The summed E-state index contributed by atoms with van der Waals surface area (Å²) < 4.78 is 6.02. The molecule has 1 N–H and O–H groups in total. The van der Waals surface area contributed by atoms with Crippen LogP contribution in [-0.2, 0) is 0 Å². The van der Waals surface area contributed by atoms with Crippen molar-refractivity contribution in [2.45, 2.75) is 26.8 Å². The molecule has 0 fully saturated rings. The molecule has 2 rings (SSSR count). The number of benzene rings is 1. The molecule has 2 aromatic rings. The highest BCUT2D eigenvalue weighted by atomic mass is 79.9. The van der Waals surface area contributed by atoms with Crippen molar-refractivity contribution in [3.05, 3.63) is 51.3 Å². The maximum atomic E-state index is 12.2. The van der Waals surface area contributed by atoms with Crippen molar-refractivity contribution < 1.29 is 9.32 Å². The number of hydrogen-bond donors (Lipinski definition) is 1. The van der Waals surface area contributed by atoms with Crippen molar-refractivity contribution in [2.24, 2.45) is 0 Å². The molecule has 1 atom stereocenters. The van der Waals surface area contributed by atoms with Crippen LogP contribution < -0.4 is 5.32 Å². The first-order valence-electron chi connectivity index (χ1n) is 5.98. The fraction of sp³-hybridized carbons (Fsp3) is 0.286. The van der Waals surface area contributed by atoms with E-state index in [2.05, 4.69) is 26.4 Å². The Kier molecular flexibility index (Phi) is 4.04. The highest BCUT2D eigenvalue weighted by molar-refractivity contribution is 9.10. The normalized spacial score (nSPS) is 12.2. The van der Waals surface area contributed by atoms with Crippen LogP contribution in [0.25, 0.3) is 0 Å². The summed E-state index contributed by atoms with van der Waals surface area (Å²) in [6, 6.07) is 7.78. The van der Waals surface area contributed by atoms with Crippen LogP contribution in [-0.4, -0.2) is 11.1 Å². The lowest BCUT2D eigenvalue weighted by Crippen LogP contribution is -2.27. The summed E-state index contributed by atoms with van der Waals surface area (Å²) in [6.45, 7) is 5.44. The zero-order valence-electron chi connectivity index (χ0n) is 11.0. The summed E-state index contributed by atoms with van der Waals surface area (Å²) in [4.78, 5) is 12.2. The Hall–Kier alpha value is -1.62. The number of hydrogen-bond acceptors (Lipinski definition) is 3. The van der Waals surface area contributed by atoms with Crippen molar-refractivity contribution in [1.29, 1.82) is 0 Å². The van der Waals surface area contributed by atoms with E-state index in [-0.39, 0.29) is 11.9 Å². The first-order valence-corrected chi connectivity index (χ1v) is 6.77. The van der Waals surface area contributed by atoms with Gasteiger partial charge in [0.25, 0.3) is 5.91 Å². The predicted octanol–water partition coefficient (Wildman–Crippen LogP) is 3.54. The Morgan fingerprint density at radius 1 is 1.32 bits per heavy atom. The zero-order chi connectivity index (χ0) is 14.0. The van der Waals surface area contributed by atoms with Gasteiger partial charge in [0, 0.05) is 4.47 Å². The minimum atomic E-state index is -0.160. The van der Waals surface area contributed by atoms with Crippen molar-refractivity contribution in [1.82, 2.24) is 10.5 Å². The van der Waals surface area contributed by atoms with Gasteiger partial charge < -0.3 is 9.84 Å². The summed E-state index contributed by atoms with van der Waals surface area (Å²) in [5, 5.41) is 6.73. The van der Waals surface area contributed by atoms with Crippen LogP contribution in [0.2, 0.25) is 0 Å². The molecular weight excluding hydrogens is 308 g/mol. The average molecular weight is 323 g/mol. The summed E-state index contributed by atoms with van der Waals surface area (Å²) >= 11 is 3.39. The van der Waals surface area contributed by atoms with Crippen LogP contribution in [0.15, 0.2) is 33.3 Å². The first-order chi connectivity index (χ1) is 8.99. The van der Waals surface area contributed by atoms with Gasteiger partial charge in [-0.3, -0.25) is 4.79 Å². The molecule has 0 aliphatic heterocycles. The molecule has 0 spiro atoms. The van der Waals surface area contributed by atoms with Crippen molar-refractivity contribution in [3.63, 3.8) is 0 Å². The maximum Gasteiger partial charge on any atom is 0.257 e. The van der Waals surface area contributed by atoms with Gasteiger partial charge in [0.05, 0.1) is 11.7 Å². The highest BCUT2D eigenvalue weighted by Gasteiger charge is 2.19. The monoisotopic (exact) mass is 322 g/mol. The number of carbonyl (C=O) groups is 1. The molecule has 0 radical (unpaired) electrons. The van der Waals surface area contributed by atoms with Crippen LogP contribution in [0.1, 0.15) is 40.3 Å². The number of rotatable bonds is 3. The van der Waals surface area contributed by atoms with Gasteiger partial charge >= 0.3 is 0 Å². The molecule has 4 nitrogen and oxygen atoms in total. The zero-order valence-corrected chi connectivity index (χ0v) is 12.6. The van der Waals surface area contributed by atoms with E-state index in [0.717, 1.165) is 10.0 Å². The lowest BCUT2D eigenvalue weighted by molar-refractivity contribution is 0.0938. The van der Waals surface area contributed by atoms with E-state index in [1.54, 1.807) is 13.8 Å². The summed E-state index contributed by atoms with van der Waals surface area (Å²) in [5.41, 5.74) is 2.17. The van der Waals surface area contributed by atoms with Crippen LogP contribution in [0, 0.1) is 13.8 Å². The van der Waals surface area contributed by atoms with Gasteiger partial charge in [0.1, 0.15) is 11.3 Å². The summed E-state index contributed by atoms with van der Waals surface area (Å²) in [7, 11) is 0. The molecule has 0 aliphatic carbocycles. The largest absolute Gasteiger partial charge is 0.361 e. The number of aromatic nitrogens is 1. The van der Waals surface area contributed by atoms with Gasteiger partial charge in [-0.05, 0) is 38.5 Å². The van der Waals surface area contributed by atoms with E-state index >= 15 is 0 Å². The van der Waals surface area contributed by atoms with Gasteiger partial charge in [-0.1, -0.05) is 33.2 Å². The standard InChI is InChI=1S/C14H15BrN2O2/c1-8(11-4-6-12(15)7-5-11)16-14(18)13-9(2)17-19-10(13)3/h4-8H,1-3H3,(H,16,18)/t8-/m0/s1. The molecule has 100 valence electrons. The van der Waals surface area contributed by atoms with E-state index < -0.39 is 0 Å². The topological polar surface area (TPSA) is 55.1 Å². The smallest absolute Gasteiger partial charge is 0.257 e. The van der Waals surface area contributed by atoms with E-state index in [1.165, 1.54) is 0 Å². The van der Waals surface area contributed by atoms with Gasteiger partial charge in [-0.15, -0.1) is 0 Å². The molecule has 1 aromatic carbocycles. The van der Waals surface area contributed by atoms with Gasteiger partial charge in [-0.2, -0.15) is 0 Å². The molecule has 1 heterocycles. The van der Waals surface area contributed by atoms with Crippen molar-refractivity contribution in [3.8, 4) is 0 Å². The Labute approximate surface area is 120 Å². The summed E-state index contributed by atoms with van der Waals surface area (Å²) in [5.74, 6) is 0.379. The van der Waals surface area contributed by atoms with Gasteiger partial charge in [-0.25, -0.2) is 0 Å². The first kappa shape index (κ1) is 13.8. The number of nitrogens with zero attached hydrogens (tertiary/aromatic N) is 1. The minimum Gasteiger partial charge on any atom is -0.361 e. The SMILES string of the molecule is Cc1noc(C)c1C(=O)N[C@@H](C)c1ccc(Br)cc1. The van der Waals surface area contributed by atoms with Crippen LogP contribution in [0.4, 0.5) is 0 Å². The number of aryl methyl sites for hydroxylation is 2. The molecule has 1 aromatic heterocycles. The van der Waals surface area contributed by atoms with E-state index in [4.69, 9.17) is 4.52 Å². The van der Waals surface area contributed by atoms with E-state index in [9.17, 15) is 4.79 Å². The lowest BCUT2D eigenvalue weighted by atomic mass is 10.1. The lowest BCUT2D eigenvalue weighted by Gasteiger charge is -2.14. The Balaban J connectivity index is 2.13. The average Bonchev–Trinajstić information content (AvgIpc) is 2.69. The van der Waals surface area contributed by atoms with E-state index in [0.29, 0.717) is 17.0 Å². The number of carbonyl (C=O) groups excluding carboxylic acids is 1. The Morgan fingerprint density at radius 3 is 2.47 bits per heavy atom. The van der Waals surface area contributed by atoms with Crippen molar-refractivity contribution in [2.75, 3.05) is 0 Å². The van der Waals surface area contributed by atoms with Crippen molar-refractivity contribution >= 4 is 21.8 Å². The minimum absolute atomic E-state index is 0.0747. The Bertz CT molecular complexity index is 570. The molecule has 0 saturated heterocycles. The van der Waals surface area contributed by atoms with Crippen LogP contribution in [0.3, 0.4) is 0 Å². The second-order valence-electron chi connectivity index (χ2n) is 4.45. The molecule has 0 unspecified atom stereocenters. The van der Waals surface area contributed by atoms with Crippen LogP contribution in [0.5, 0.6) is 0 Å². The molecule has 0 aliphatic rings. The third-order valence-corrected chi connectivity index (χ3v) is 3.51. The molecule has 5 heteroatoms. The molecule has 1 amide bonds. The summed E-state index contributed by atoms with van der Waals surface area (Å²) in [6.07, 6.45) is 0. The fourth-order valence-electron chi connectivity index (χ4n) is 1.91. The fourth-order valence-corrected chi connectivity index (χ4v) is 2.18. The molecule has 19 heavy (non-hydrogen) atoms. The molecular formula is C14H15BrN2O2. The van der Waals surface area contributed by atoms with Gasteiger partial charge in [0.2, 0.25) is 0 Å². The second kappa shape index (κ2) is 5.57. The third kappa shape index (κ3) is 3.04. The van der Waals surface area contributed by atoms with Crippen LogP contribution >= 0.6 is 15.9 Å². The Morgan fingerprint density at radius 2 is 1.95 bits per heavy atom. The van der Waals surface area contributed by atoms with Gasteiger partial charge in [0.15, 0.2) is 0 Å². The predicted molar refractivity (Wildman–Crippen MR) is 76.0 cm³/mol. The highest BCUT2D eigenvalue weighted by Crippen LogP contribution is 2.18. The number of nitrogens with one attached hydrogen (secondary N) is 1. The molecule has 0 bridgehead atoms. The number of halogens is 1. The molecule has 0 saturated carbocycles.